The fourth-order valence-electron chi connectivity index (χ4n) is 3.92. The van der Waals surface area contributed by atoms with Gasteiger partial charge in [-0.1, -0.05) is 35.9 Å². The van der Waals surface area contributed by atoms with Gasteiger partial charge in [0.05, 0.1) is 11.1 Å². The van der Waals surface area contributed by atoms with E-state index in [1.54, 1.807) is 23.1 Å². The van der Waals surface area contributed by atoms with Crippen LogP contribution in [0.5, 0.6) is 0 Å². The summed E-state index contributed by atoms with van der Waals surface area (Å²) in [6.07, 6.45) is 3.49. The lowest BCUT2D eigenvalue weighted by atomic mass is 9.70. The van der Waals surface area contributed by atoms with E-state index in [0.717, 1.165) is 12.0 Å². The molecule has 0 saturated carbocycles. The summed E-state index contributed by atoms with van der Waals surface area (Å²) in [6.45, 7) is 6.26. The van der Waals surface area contributed by atoms with Gasteiger partial charge in [-0.15, -0.1) is 6.58 Å². The van der Waals surface area contributed by atoms with Crippen LogP contribution >= 0.6 is 11.6 Å². The molecule has 2 atom stereocenters. The zero-order valence-electron chi connectivity index (χ0n) is 15.2. The summed E-state index contributed by atoms with van der Waals surface area (Å²) in [5.74, 6) is -0.789. The maximum Gasteiger partial charge on any atom is 0.223 e. The van der Waals surface area contributed by atoms with Crippen molar-refractivity contribution < 1.29 is 13.6 Å². The first kappa shape index (κ1) is 19.6. The van der Waals surface area contributed by atoms with E-state index in [9.17, 15) is 13.6 Å². The minimum atomic E-state index is -0.488. The molecule has 0 aliphatic carbocycles. The highest BCUT2D eigenvalue weighted by molar-refractivity contribution is 6.30. The standard InChI is InChI=1S/C22H22ClF2NO/c1-3-10-22(17-5-7-18(24)8-6-17)11-12-26(21(27)14-22)15(2)16-4-9-19(23)20(25)13-16/h3-9,13,15H,1,10-12,14H2,2H3/t15-,22+/m0/s1. The second-order valence-electron chi connectivity index (χ2n) is 7.14. The predicted octanol–water partition coefficient (Wildman–Crippen LogP) is 5.82. The number of benzene rings is 2. The zero-order valence-corrected chi connectivity index (χ0v) is 16.0. The summed E-state index contributed by atoms with van der Waals surface area (Å²) in [4.78, 5) is 14.8. The van der Waals surface area contributed by atoms with Crippen LogP contribution in [0.25, 0.3) is 0 Å². The summed E-state index contributed by atoms with van der Waals surface area (Å²) in [5.41, 5.74) is 1.28. The van der Waals surface area contributed by atoms with Crippen molar-refractivity contribution in [3.05, 3.63) is 82.9 Å². The molecule has 2 aromatic rings. The molecule has 5 heteroatoms. The average Bonchev–Trinajstić information content (AvgIpc) is 2.64. The molecule has 0 unspecified atom stereocenters. The van der Waals surface area contributed by atoms with Crippen molar-refractivity contribution in [3.8, 4) is 0 Å². The molecule has 27 heavy (non-hydrogen) atoms. The van der Waals surface area contributed by atoms with Crippen molar-refractivity contribution in [1.82, 2.24) is 4.90 Å². The average molecular weight is 390 g/mol. The number of hydrogen-bond acceptors (Lipinski definition) is 1. The Labute approximate surface area is 163 Å². The van der Waals surface area contributed by atoms with E-state index in [-0.39, 0.29) is 28.2 Å². The molecule has 2 aromatic carbocycles. The molecule has 0 aromatic heterocycles. The van der Waals surface area contributed by atoms with Gasteiger partial charge in [0.15, 0.2) is 0 Å². The third kappa shape index (κ3) is 3.91. The lowest BCUT2D eigenvalue weighted by Gasteiger charge is -2.43. The van der Waals surface area contributed by atoms with Crippen LogP contribution in [0.1, 0.15) is 43.4 Å². The fourth-order valence-corrected chi connectivity index (χ4v) is 4.04. The topological polar surface area (TPSA) is 20.3 Å². The molecule has 2 nitrogen and oxygen atoms in total. The Balaban J connectivity index is 1.84. The van der Waals surface area contributed by atoms with Crippen LogP contribution in [0.4, 0.5) is 8.78 Å². The van der Waals surface area contributed by atoms with Crippen LogP contribution in [0.15, 0.2) is 55.1 Å². The second kappa shape index (κ2) is 7.81. The summed E-state index contributed by atoms with van der Waals surface area (Å²) in [5, 5.41) is 0.0669. The number of halogens is 3. The summed E-state index contributed by atoms with van der Waals surface area (Å²) in [6, 6.07) is 10.7. The Morgan fingerprint density at radius 3 is 2.56 bits per heavy atom. The van der Waals surface area contributed by atoms with E-state index in [2.05, 4.69) is 6.58 Å². The number of likely N-dealkylation sites (tertiary alicyclic amines) is 1. The predicted molar refractivity (Wildman–Crippen MR) is 104 cm³/mol. The van der Waals surface area contributed by atoms with E-state index in [4.69, 9.17) is 11.6 Å². The lowest BCUT2D eigenvalue weighted by Crippen LogP contribution is -2.47. The minimum absolute atomic E-state index is 0.00437. The molecule has 1 aliphatic rings. The largest absolute Gasteiger partial charge is 0.336 e. The number of hydrogen-bond donors (Lipinski definition) is 0. The van der Waals surface area contributed by atoms with Gasteiger partial charge in [-0.3, -0.25) is 4.79 Å². The maximum absolute atomic E-state index is 13.8. The molecule has 3 rings (SSSR count). The van der Waals surface area contributed by atoms with Crippen LogP contribution < -0.4 is 0 Å². The number of carbonyl (C=O) groups excluding carboxylic acids is 1. The number of piperidine rings is 1. The van der Waals surface area contributed by atoms with Crippen molar-refractivity contribution in [2.45, 2.75) is 37.6 Å². The Morgan fingerprint density at radius 1 is 1.26 bits per heavy atom. The molecule has 1 amide bonds. The Bertz CT molecular complexity index is 852. The number of carbonyl (C=O) groups is 1. The van der Waals surface area contributed by atoms with E-state index < -0.39 is 5.82 Å². The number of nitrogens with zero attached hydrogens (tertiary/aromatic N) is 1. The van der Waals surface area contributed by atoms with E-state index in [1.165, 1.54) is 24.3 Å². The van der Waals surface area contributed by atoms with Gasteiger partial charge in [-0.2, -0.15) is 0 Å². The molecular formula is C22H22ClF2NO. The highest BCUT2D eigenvalue weighted by Crippen LogP contribution is 2.41. The molecule has 0 radical (unpaired) electrons. The molecule has 0 bridgehead atoms. The Hall–Kier alpha value is -2.20. The fraction of sp³-hybridized carbons (Fsp3) is 0.318. The third-order valence-corrected chi connectivity index (χ3v) is 5.83. The Morgan fingerprint density at radius 2 is 1.96 bits per heavy atom. The van der Waals surface area contributed by atoms with Crippen molar-refractivity contribution in [3.63, 3.8) is 0 Å². The van der Waals surface area contributed by atoms with Crippen LogP contribution in [0.2, 0.25) is 5.02 Å². The van der Waals surface area contributed by atoms with Crippen LogP contribution in [-0.2, 0) is 10.2 Å². The monoisotopic (exact) mass is 389 g/mol. The van der Waals surface area contributed by atoms with Gasteiger partial charge in [0.2, 0.25) is 5.91 Å². The van der Waals surface area contributed by atoms with Crippen LogP contribution in [0.3, 0.4) is 0 Å². The molecule has 1 saturated heterocycles. The van der Waals surface area contributed by atoms with Crippen molar-refractivity contribution in [2.24, 2.45) is 0 Å². The first-order valence-corrected chi connectivity index (χ1v) is 9.35. The maximum atomic E-state index is 13.8. The molecule has 1 heterocycles. The highest BCUT2D eigenvalue weighted by Gasteiger charge is 2.40. The van der Waals surface area contributed by atoms with Gasteiger partial charge in [-0.05, 0) is 55.2 Å². The molecular weight excluding hydrogens is 368 g/mol. The summed E-state index contributed by atoms with van der Waals surface area (Å²) in [7, 11) is 0. The van der Waals surface area contributed by atoms with Crippen LogP contribution in [-0.4, -0.2) is 17.4 Å². The first-order valence-electron chi connectivity index (χ1n) is 8.98. The normalized spacial score (nSPS) is 21.2. The third-order valence-electron chi connectivity index (χ3n) is 5.53. The molecule has 0 spiro atoms. The highest BCUT2D eigenvalue weighted by atomic mass is 35.5. The SMILES string of the molecule is C=CC[C@@]1(c2ccc(F)cc2)CCN([C@@H](C)c2ccc(Cl)c(F)c2)C(=O)C1. The van der Waals surface area contributed by atoms with Crippen molar-refractivity contribution in [2.75, 3.05) is 6.54 Å². The van der Waals surface area contributed by atoms with Gasteiger partial charge >= 0.3 is 0 Å². The minimum Gasteiger partial charge on any atom is -0.336 e. The Kier molecular flexibility index (Phi) is 5.66. The van der Waals surface area contributed by atoms with E-state index in [0.29, 0.717) is 24.9 Å². The summed E-state index contributed by atoms with van der Waals surface area (Å²) < 4.78 is 27.1. The molecule has 1 aliphatic heterocycles. The molecule has 0 N–H and O–H groups in total. The van der Waals surface area contributed by atoms with E-state index in [1.807, 2.05) is 13.0 Å². The number of rotatable bonds is 5. The zero-order chi connectivity index (χ0) is 19.6. The number of amides is 1. The van der Waals surface area contributed by atoms with Crippen LogP contribution in [0, 0.1) is 11.6 Å². The van der Waals surface area contributed by atoms with Crippen molar-refractivity contribution >= 4 is 17.5 Å². The van der Waals surface area contributed by atoms with Gasteiger partial charge in [0, 0.05) is 18.4 Å². The lowest BCUT2D eigenvalue weighted by molar-refractivity contribution is -0.138. The first-order chi connectivity index (χ1) is 12.9. The molecule has 1 fully saturated rings. The molecule has 142 valence electrons. The van der Waals surface area contributed by atoms with Gasteiger partial charge in [-0.25, -0.2) is 8.78 Å². The number of allylic oxidation sites excluding steroid dienone is 1. The summed E-state index contributed by atoms with van der Waals surface area (Å²) >= 11 is 5.76. The van der Waals surface area contributed by atoms with Gasteiger partial charge in [0.25, 0.3) is 0 Å². The van der Waals surface area contributed by atoms with E-state index >= 15 is 0 Å². The van der Waals surface area contributed by atoms with Gasteiger partial charge in [0.1, 0.15) is 11.6 Å². The van der Waals surface area contributed by atoms with Gasteiger partial charge < -0.3 is 4.90 Å². The second-order valence-corrected chi connectivity index (χ2v) is 7.55. The smallest absolute Gasteiger partial charge is 0.223 e. The quantitative estimate of drug-likeness (QED) is 0.590. The van der Waals surface area contributed by atoms with Crippen molar-refractivity contribution in [1.29, 1.82) is 0 Å².